The first-order valence-electron chi connectivity index (χ1n) is 10.3. The Morgan fingerprint density at radius 1 is 1.31 bits per heavy atom. The number of quaternary nitrogens is 1. The summed E-state index contributed by atoms with van der Waals surface area (Å²) in [6.45, 7) is 10.0. The summed E-state index contributed by atoms with van der Waals surface area (Å²) >= 11 is 1.33. The van der Waals surface area contributed by atoms with Gasteiger partial charge in [-0.25, -0.2) is 4.98 Å². The smallest absolute Gasteiger partial charge is 0.262 e. The SMILES string of the molecule is CC(C)CNC(=O)CSc1nc2ccccc2c(=O)n1CCC[NH+]1CCOCC1. The Morgan fingerprint density at radius 3 is 2.83 bits per heavy atom. The first kappa shape index (κ1) is 21.8. The minimum Gasteiger partial charge on any atom is -0.370 e. The van der Waals surface area contributed by atoms with Crippen LogP contribution in [0.3, 0.4) is 0 Å². The molecule has 8 heteroatoms. The van der Waals surface area contributed by atoms with Gasteiger partial charge in [0.1, 0.15) is 13.1 Å². The van der Waals surface area contributed by atoms with E-state index in [1.54, 1.807) is 4.57 Å². The largest absolute Gasteiger partial charge is 0.370 e. The molecule has 0 unspecified atom stereocenters. The normalized spacial score (nSPS) is 15.1. The third-order valence-corrected chi connectivity index (χ3v) is 5.95. The maximum atomic E-state index is 13.1. The number of aromatic nitrogens is 2. The first-order valence-corrected chi connectivity index (χ1v) is 11.3. The highest BCUT2D eigenvalue weighted by atomic mass is 32.2. The Balaban J connectivity index is 1.72. The topological polar surface area (TPSA) is 77.7 Å². The van der Waals surface area contributed by atoms with Gasteiger partial charge in [-0.3, -0.25) is 14.2 Å². The maximum absolute atomic E-state index is 13.1. The Bertz CT molecular complexity index is 878. The van der Waals surface area contributed by atoms with Crippen molar-refractivity contribution in [2.45, 2.75) is 32.0 Å². The van der Waals surface area contributed by atoms with Crippen LogP contribution in [-0.4, -0.2) is 60.6 Å². The molecule has 1 saturated heterocycles. The fourth-order valence-electron chi connectivity index (χ4n) is 3.35. The molecule has 0 saturated carbocycles. The number of benzene rings is 1. The van der Waals surface area contributed by atoms with Gasteiger partial charge in [-0.05, 0) is 18.1 Å². The predicted molar refractivity (Wildman–Crippen MR) is 116 cm³/mol. The Hall–Kier alpha value is -1.90. The summed E-state index contributed by atoms with van der Waals surface area (Å²) in [6, 6.07) is 7.41. The molecule has 0 radical (unpaired) electrons. The predicted octanol–water partition coefficient (Wildman–Crippen LogP) is 0.566. The molecule has 1 aromatic heterocycles. The molecular weight excluding hydrogens is 388 g/mol. The van der Waals surface area contributed by atoms with Crippen molar-refractivity contribution in [2.75, 3.05) is 45.1 Å². The van der Waals surface area contributed by atoms with Crippen LogP contribution in [-0.2, 0) is 16.1 Å². The van der Waals surface area contributed by atoms with Gasteiger partial charge in [-0.2, -0.15) is 0 Å². The summed E-state index contributed by atoms with van der Waals surface area (Å²) in [4.78, 5) is 31.4. The van der Waals surface area contributed by atoms with Crippen LogP contribution < -0.4 is 15.8 Å². The summed E-state index contributed by atoms with van der Waals surface area (Å²) in [6.07, 6.45) is 0.891. The average Bonchev–Trinajstić information content (AvgIpc) is 2.73. The lowest BCUT2D eigenvalue weighted by Crippen LogP contribution is -3.14. The third kappa shape index (κ3) is 6.29. The van der Waals surface area contributed by atoms with Gasteiger partial charge in [0.15, 0.2) is 5.16 Å². The number of hydrogen-bond acceptors (Lipinski definition) is 5. The van der Waals surface area contributed by atoms with Gasteiger partial charge in [0, 0.05) is 19.5 Å². The van der Waals surface area contributed by atoms with E-state index in [9.17, 15) is 9.59 Å². The summed E-state index contributed by atoms with van der Waals surface area (Å²) in [5.74, 6) is 0.630. The molecule has 0 spiro atoms. The zero-order chi connectivity index (χ0) is 20.6. The van der Waals surface area contributed by atoms with E-state index in [-0.39, 0.29) is 17.2 Å². The monoisotopic (exact) mass is 419 g/mol. The van der Waals surface area contributed by atoms with E-state index in [1.165, 1.54) is 16.7 Å². The van der Waals surface area contributed by atoms with Gasteiger partial charge in [-0.15, -0.1) is 0 Å². The molecule has 1 aliphatic heterocycles. The van der Waals surface area contributed by atoms with E-state index in [1.807, 2.05) is 24.3 Å². The second-order valence-corrected chi connectivity index (χ2v) is 8.76. The van der Waals surface area contributed by atoms with E-state index >= 15 is 0 Å². The maximum Gasteiger partial charge on any atom is 0.262 e. The number of carbonyl (C=O) groups is 1. The highest BCUT2D eigenvalue weighted by molar-refractivity contribution is 7.99. The summed E-state index contributed by atoms with van der Waals surface area (Å²) in [5, 5.41) is 4.16. The van der Waals surface area contributed by atoms with E-state index < -0.39 is 0 Å². The Kier molecular flexibility index (Phi) is 8.09. The van der Waals surface area contributed by atoms with E-state index in [0.717, 1.165) is 39.3 Å². The summed E-state index contributed by atoms with van der Waals surface area (Å²) in [5.41, 5.74) is 0.648. The highest BCUT2D eigenvalue weighted by Crippen LogP contribution is 2.18. The number of ether oxygens (including phenoxy) is 1. The van der Waals surface area contributed by atoms with Gasteiger partial charge >= 0.3 is 0 Å². The van der Waals surface area contributed by atoms with Crippen LogP contribution in [0.2, 0.25) is 0 Å². The van der Waals surface area contributed by atoms with Gasteiger partial charge in [0.05, 0.1) is 36.4 Å². The molecule has 1 fully saturated rings. The molecule has 3 rings (SSSR count). The number of rotatable bonds is 9. The van der Waals surface area contributed by atoms with Crippen LogP contribution in [0.1, 0.15) is 20.3 Å². The van der Waals surface area contributed by atoms with Crippen molar-refractivity contribution in [2.24, 2.45) is 5.92 Å². The lowest BCUT2D eigenvalue weighted by molar-refractivity contribution is -0.908. The minimum atomic E-state index is -0.0320. The van der Waals surface area contributed by atoms with Crippen molar-refractivity contribution in [3.63, 3.8) is 0 Å². The molecule has 1 aliphatic rings. The van der Waals surface area contributed by atoms with Crippen molar-refractivity contribution in [3.8, 4) is 0 Å². The minimum absolute atomic E-state index is 0.0299. The second-order valence-electron chi connectivity index (χ2n) is 7.82. The van der Waals surface area contributed by atoms with Crippen molar-refractivity contribution < 1.29 is 14.4 Å². The molecule has 0 bridgehead atoms. The number of thioether (sulfide) groups is 1. The Labute approximate surface area is 175 Å². The van der Waals surface area contributed by atoms with Gasteiger partial charge in [0.2, 0.25) is 5.91 Å². The number of hydrogen-bond donors (Lipinski definition) is 2. The number of nitrogens with zero attached hydrogens (tertiary/aromatic N) is 2. The van der Waals surface area contributed by atoms with E-state index in [2.05, 4.69) is 24.1 Å². The van der Waals surface area contributed by atoms with Crippen LogP contribution in [0.4, 0.5) is 0 Å². The Morgan fingerprint density at radius 2 is 2.07 bits per heavy atom. The van der Waals surface area contributed by atoms with Crippen LogP contribution in [0.15, 0.2) is 34.2 Å². The molecule has 0 aliphatic carbocycles. The number of amides is 1. The molecule has 7 nitrogen and oxygen atoms in total. The van der Waals surface area contributed by atoms with Crippen molar-refractivity contribution in [1.29, 1.82) is 0 Å². The molecule has 0 atom stereocenters. The van der Waals surface area contributed by atoms with E-state index in [4.69, 9.17) is 4.74 Å². The van der Waals surface area contributed by atoms with Crippen LogP contribution in [0, 0.1) is 5.92 Å². The standard InChI is InChI=1S/C21H30N4O3S/c1-16(2)14-22-19(26)15-29-21-23-18-7-4-3-6-17(18)20(27)25(21)9-5-8-24-10-12-28-13-11-24/h3-4,6-7,16H,5,8-15H2,1-2H3,(H,22,26)/p+1. The van der Waals surface area contributed by atoms with Gasteiger partial charge < -0.3 is 15.0 Å². The quantitative estimate of drug-likeness (QED) is 0.459. The summed E-state index contributed by atoms with van der Waals surface area (Å²) < 4.78 is 7.15. The van der Waals surface area contributed by atoms with Gasteiger partial charge in [-0.1, -0.05) is 37.7 Å². The molecule has 1 aromatic carbocycles. The molecule has 29 heavy (non-hydrogen) atoms. The van der Waals surface area contributed by atoms with Gasteiger partial charge in [0.25, 0.3) is 5.56 Å². The molecule has 2 N–H and O–H groups in total. The highest BCUT2D eigenvalue weighted by Gasteiger charge is 2.16. The number of para-hydroxylation sites is 1. The lowest BCUT2D eigenvalue weighted by atomic mass is 10.2. The van der Waals surface area contributed by atoms with Crippen LogP contribution in [0.25, 0.3) is 10.9 Å². The number of morpholine rings is 1. The zero-order valence-corrected chi connectivity index (χ0v) is 18.1. The number of fused-ring (bicyclic) bond motifs is 1. The first-order chi connectivity index (χ1) is 14.0. The number of nitrogens with one attached hydrogen (secondary N) is 2. The molecular formula is C21H31N4O3S+. The van der Waals surface area contributed by atoms with Crippen molar-refractivity contribution >= 4 is 28.6 Å². The molecule has 158 valence electrons. The molecule has 2 heterocycles. The second kappa shape index (κ2) is 10.8. The fourth-order valence-corrected chi connectivity index (χ4v) is 4.21. The van der Waals surface area contributed by atoms with Crippen LogP contribution in [0.5, 0.6) is 0 Å². The van der Waals surface area contributed by atoms with Crippen LogP contribution >= 0.6 is 11.8 Å². The lowest BCUT2D eigenvalue weighted by Gasteiger charge is -2.24. The van der Waals surface area contributed by atoms with Crippen molar-refractivity contribution in [3.05, 3.63) is 34.6 Å². The molecule has 1 amide bonds. The zero-order valence-electron chi connectivity index (χ0n) is 17.3. The van der Waals surface area contributed by atoms with E-state index in [0.29, 0.717) is 35.1 Å². The molecule has 2 aromatic rings. The van der Waals surface area contributed by atoms with Crippen molar-refractivity contribution in [1.82, 2.24) is 14.9 Å². The third-order valence-electron chi connectivity index (χ3n) is 4.98. The summed E-state index contributed by atoms with van der Waals surface area (Å²) in [7, 11) is 0. The fraction of sp³-hybridized carbons (Fsp3) is 0.571. The number of carbonyl (C=O) groups excluding carboxylic acids is 1. The average molecular weight is 420 g/mol.